The van der Waals surface area contributed by atoms with Crippen LogP contribution in [0.5, 0.6) is 0 Å². The normalized spacial score (nSPS) is 13.3. The molecule has 3 N–H and O–H groups in total. The maximum atomic E-state index is 12.9. The molecule has 0 bridgehead atoms. The Morgan fingerprint density at radius 3 is 2.43 bits per heavy atom. The number of hydrogen-bond donors (Lipinski definition) is 2. The van der Waals surface area contributed by atoms with Crippen LogP contribution < -0.4 is 5.73 Å². The van der Waals surface area contributed by atoms with Crippen molar-refractivity contribution in [1.29, 1.82) is 0 Å². The summed E-state index contributed by atoms with van der Waals surface area (Å²) in [5.74, 6) is 0.383. The Labute approximate surface area is 182 Å². The number of halogens is 2. The van der Waals surface area contributed by atoms with Crippen molar-refractivity contribution in [2.24, 2.45) is 11.7 Å². The molecule has 0 fully saturated rings. The van der Waals surface area contributed by atoms with E-state index in [2.05, 4.69) is 35.7 Å². The smallest absolute Gasteiger partial charge is 0.218 e. The number of carbonyl (C=O) groups excluding carboxylic acids is 1. The minimum absolute atomic E-state index is 0.0845. The summed E-state index contributed by atoms with van der Waals surface area (Å²) in [5.41, 5.74) is 6.26. The minimum atomic E-state index is -3.02. The largest absolute Gasteiger partial charge is 0.370 e. The van der Waals surface area contributed by atoms with E-state index < -0.39 is 15.7 Å². The summed E-state index contributed by atoms with van der Waals surface area (Å²) >= 11 is 6.31. The molecule has 0 aliphatic rings. The summed E-state index contributed by atoms with van der Waals surface area (Å²) in [6.07, 6.45) is 5.41. The molecule has 168 valence electrons. The number of nitrogens with zero attached hydrogens (tertiary/aromatic N) is 2. The monoisotopic (exact) mass is 460 g/mol. The van der Waals surface area contributed by atoms with Gasteiger partial charge in [-0.3, -0.25) is 4.79 Å². The molecular weight excluding hydrogens is 431 g/mol. The lowest BCUT2D eigenvalue weighted by molar-refractivity contribution is -0.117. The minimum Gasteiger partial charge on any atom is -0.370 e. The molecule has 0 aromatic carbocycles. The third-order valence-corrected chi connectivity index (χ3v) is 5.91. The first kappa shape index (κ1) is 26.0. The van der Waals surface area contributed by atoms with Gasteiger partial charge in [0.2, 0.25) is 5.91 Å². The predicted octanol–water partition coefficient (Wildman–Crippen LogP) is 4.10. The highest BCUT2D eigenvalue weighted by atomic mass is 35.5. The number of nitrogens with one attached hydrogen (secondary N) is 1. The highest BCUT2D eigenvalue weighted by Crippen LogP contribution is 2.35. The van der Waals surface area contributed by atoms with Crippen LogP contribution in [0.1, 0.15) is 58.1 Å². The summed E-state index contributed by atoms with van der Waals surface area (Å²) < 4.78 is 33.6. The average Bonchev–Trinajstić information content (AvgIpc) is 3.06. The first-order valence-corrected chi connectivity index (χ1v) is 12.3. The third-order valence-electron chi connectivity index (χ3n) is 4.68. The van der Waals surface area contributed by atoms with Crippen LogP contribution in [-0.4, -0.2) is 41.3 Å². The van der Waals surface area contributed by atoms with Crippen LogP contribution in [0, 0.1) is 11.7 Å². The van der Waals surface area contributed by atoms with Gasteiger partial charge in [0.25, 0.3) is 0 Å². The first-order chi connectivity index (χ1) is 14.0. The van der Waals surface area contributed by atoms with Gasteiger partial charge >= 0.3 is 0 Å². The zero-order chi connectivity index (χ0) is 22.9. The van der Waals surface area contributed by atoms with Gasteiger partial charge in [0, 0.05) is 18.6 Å². The SMILES string of the molecule is CCC[C@@H](c1[nH]c(-c2ccc(F)cn2)nc1Cl)[C@@H](C)CC.CS(=O)(=O)CCC(N)=O. The fourth-order valence-electron chi connectivity index (χ4n) is 2.84. The number of aromatic amines is 1. The number of hydrogen-bond acceptors (Lipinski definition) is 5. The van der Waals surface area contributed by atoms with Crippen molar-refractivity contribution in [3.63, 3.8) is 0 Å². The number of imidazole rings is 1. The standard InChI is InChI=1S/C16H21ClFN3.C4H9NO3S/c1-4-6-12(10(3)5-2)14-15(17)21-16(20-14)13-8-7-11(18)9-19-13;1-9(7,8)3-2-4(5)6/h7-10,12H,4-6H2,1-3H3,(H,20,21);2-3H2,1H3,(H2,5,6)/t10-,12+;/m0./s1. The van der Waals surface area contributed by atoms with Gasteiger partial charge in [-0.1, -0.05) is 45.2 Å². The van der Waals surface area contributed by atoms with Crippen molar-refractivity contribution in [3.8, 4) is 11.5 Å². The number of nitrogens with two attached hydrogens (primary N) is 1. The lowest BCUT2D eigenvalue weighted by Gasteiger charge is -2.21. The molecule has 1 amide bonds. The number of primary amides is 1. The summed E-state index contributed by atoms with van der Waals surface area (Å²) in [6, 6.07) is 2.98. The molecule has 0 radical (unpaired) electrons. The van der Waals surface area contributed by atoms with E-state index in [9.17, 15) is 17.6 Å². The third kappa shape index (κ3) is 8.79. The van der Waals surface area contributed by atoms with Gasteiger partial charge in [-0.15, -0.1) is 0 Å². The fraction of sp³-hybridized carbons (Fsp3) is 0.550. The fourth-order valence-corrected chi connectivity index (χ4v) is 3.69. The van der Waals surface area contributed by atoms with Crippen LogP contribution in [0.3, 0.4) is 0 Å². The Bertz CT molecular complexity index is 917. The predicted molar refractivity (Wildman–Crippen MR) is 117 cm³/mol. The van der Waals surface area contributed by atoms with Gasteiger partial charge in [0.15, 0.2) is 11.0 Å². The Hall–Kier alpha value is -2.00. The van der Waals surface area contributed by atoms with Crippen molar-refractivity contribution < 1.29 is 17.6 Å². The van der Waals surface area contributed by atoms with E-state index in [1.165, 1.54) is 12.3 Å². The molecule has 2 aromatic rings. The lowest BCUT2D eigenvalue weighted by atomic mass is 9.86. The number of rotatable bonds is 9. The number of pyridine rings is 1. The number of H-pyrrole nitrogens is 1. The number of carbonyl (C=O) groups is 1. The Kier molecular flexibility index (Phi) is 10.4. The molecule has 0 spiro atoms. The zero-order valence-electron chi connectivity index (χ0n) is 17.8. The Morgan fingerprint density at radius 2 is 2.00 bits per heavy atom. The molecule has 2 aromatic heterocycles. The molecule has 0 aliphatic heterocycles. The molecule has 0 aliphatic carbocycles. The van der Waals surface area contributed by atoms with E-state index in [4.69, 9.17) is 17.3 Å². The van der Waals surface area contributed by atoms with E-state index in [1.54, 1.807) is 6.07 Å². The first-order valence-electron chi connectivity index (χ1n) is 9.81. The summed E-state index contributed by atoms with van der Waals surface area (Å²) in [7, 11) is -3.02. The second-order valence-electron chi connectivity index (χ2n) is 7.28. The van der Waals surface area contributed by atoms with Crippen LogP contribution in [0.4, 0.5) is 4.39 Å². The Balaban J connectivity index is 0.000000424. The maximum absolute atomic E-state index is 12.9. The molecule has 10 heteroatoms. The van der Waals surface area contributed by atoms with Gasteiger partial charge in [-0.2, -0.15) is 0 Å². The summed E-state index contributed by atoms with van der Waals surface area (Å²) in [6.45, 7) is 6.58. The topological polar surface area (TPSA) is 119 Å². The van der Waals surface area contributed by atoms with E-state index in [0.29, 0.717) is 28.5 Å². The molecule has 2 rings (SSSR count). The van der Waals surface area contributed by atoms with Gasteiger partial charge in [-0.05, 0) is 24.5 Å². The van der Waals surface area contributed by atoms with Gasteiger partial charge < -0.3 is 10.7 Å². The zero-order valence-corrected chi connectivity index (χ0v) is 19.4. The lowest BCUT2D eigenvalue weighted by Crippen LogP contribution is -2.16. The number of aromatic nitrogens is 3. The van der Waals surface area contributed by atoms with Crippen molar-refractivity contribution in [2.75, 3.05) is 12.0 Å². The molecule has 2 atom stereocenters. The Morgan fingerprint density at radius 1 is 1.33 bits per heavy atom. The molecule has 0 unspecified atom stereocenters. The maximum Gasteiger partial charge on any atom is 0.218 e. The quantitative estimate of drug-likeness (QED) is 0.583. The van der Waals surface area contributed by atoms with Crippen LogP contribution in [0.2, 0.25) is 5.15 Å². The average molecular weight is 461 g/mol. The van der Waals surface area contributed by atoms with E-state index >= 15 is 0 Å². The van der Waals surface area contributed by atoms with Crippen molar-refractivity contribution >= 4 is 27.3 Å². The van der Waals surface area contributed by atoms with Gasteiger partial charge in [0.05, 0.1) is 17.6 Å². The van der Waals surface area contributed by atoms with Crippen LogP contribution in [0.15, 0.2) is 18.3 Å². The molecule has 7 nitrogen and oxygen atoms in total. The van der Waals surface area contributed by atoms with Crippen molar-refractivity contribution in [1.82, 2.24) is 15.0 Å². The number of sulfone groups is 1. The number of amides is 1. The van der Waals surface area contributed by atoms with Gasteiger partial charge in [0.1, 0.15) is 21.3 Å². The summed E-state index contributed by atoms with van der Waals surface area (Å²) in [5, 5.41) is 0.495. The van der Waals surface area contributed by atoms with E-state index in [0.717, 1.165) is 31.2 Å². The molecule has 2 heterocycles. The van der Waals surface area contributed by atoms with Crippen molar-refractivity contribution in [3.05, 3.63) is 35.0 Å². The van der Waals surface area contributed by atoms with Crippen molar-refractivity contribution in [2.45, 2.75) is 52.4 Å². The molecule has 0 saturated heterocycles. The summed E-state index contributed by atoms with van der Waals surface area (Å²) in [4.78, 5) is 21.7. The second kappa shape index (κ2) is 12.0. The van der Waals surface area contributed by atoms with E-state index in [1.807, 2.05) is 0 Å². The highest BCUT2D eigenvalue weighted by molar-refractivity contribution is 7.90. The van der Waals surface area contributed by atoms with E-state index in [-0.39, 0.29) is 18.0 Å². The van der Waals surface area contributed by atoms with Crippen LogP contribution >= 0.6 is 11.6 Å². The second-order valence-corrected chi connectivity index (χ2v) is 9.90. The highest BCUT2D eigenvalue weighted by Gasteiger charge is 2.23. The molecular formula is C20H30ClFN4O3S. The van der Waals surface area contributed by atoms with Gasteiger partial charge in [-0.25, -0.2) is 22.8 Å². The molecule has 0 saturated carbocycles. The van der Waals surface area contributed by atoms with Crippen LogP contribution in [-0.2, 0) is 14.6 Å². The van der Waals surface area contributed by atoms with Crippen LogP contribution in [0.25, 0.3) is 11.5 Å². The molecule has 30 heavy (non-hydrogen) atoms.